The van der Waals surface area contributed by atoms with E-state index in [1.807, 2.05) is 43.5 Å². The first-order valence-electron chi connectivity index (χ1n) is 4.76. The number of rotatable bonds is 2. The summed E-state index contributed by atoms with van der Waals surface area (Å²) in [4.78, 5) is 3.03. The van der Waals surface area contributed by atoms with Gasteiger partial charge in [-0.05, 0) is 52.8 Å². The molecule has 2 aromatic rings. The van der Waals surface area contributed by atoms with Crippen molar-refractivity contribution in [3.63, 3.8) is 0 Å². The zero-order chi connectivity index (χ0) is 10.8. The molecule has 3 heteroatoms. The highest BCUT2D eigenvalue weighted by Gasteiger charge is 2.14. The second-order valence-electron chi connectivity index (χ2n) is 3.51. The predicted molar refractivity (Wildman–Crippen MR) is 68.8 cm³/mol. The second-order valence-corrected chi connectivity index (χ2v) is 4.58. The fourth-order valence-corrected chi connectivity index (χ4v) is 2.22. The Hall–Kier alpha value is -0.810. The number of aromatic nitrogens is 1. The SMILES string of the molecule is Cc1cccc(C(O)c2ccc[nH]2)c1I. The molecule has 1 aromatic carbocycles. The van der Waals surface area contributed by atoms with Gasteiger partial charge in [-0.1, -0.05) is 18.2 Å². The quantitative estimate of drug-likeness (QED) is 0.822. The van der Waals surface area contributed by atoms with E-state index in [-0.39, 0.29) is 0 Å². The first-order valence-corrected chi connectivity index (χ1v) is 5.84. The molecular weight excluding hydrogens is 301 g/mol. The van der Waals surface area contributed by atoms with Crippen molar-refractivity contribution in [3.05, 3.63) is 56.9 Å². The van der Waals surface area contributed by atoms with Crippen molar-refractivity contribution in [1.82, 2.24) is 4.98 Å². The zero-order valence-corrected chi connectivity index (χ0v) is 10.5. The van der Waals surface area contributed by atoms with E-state index in [0.717, 1.165) is 14.8 Å². The van der Waals surface area contributed by atoms with E-state index < -0.39 is 6.10 Å². The van der Waals surface area contributed by atoms with Crippen LogP contribution in [-0.4, -0.2) is 10.1 Å². The largest absolute Gasteiger partial charge is 0.382 e. The lowest BCUT2D eigenvalue weighted by Crippen LogP contribution is -2.03. The Morgan fingerprint density at radius 1 is 1.27 bits per heavy atom. The molecule has 78 valence electrons. The van der Waals surface area contributed by atoms with Crippen LogP contribution in [0.5, 0.6) is 0 Å². The fraction of sp³-hybridized carbons (Fsp3) is 0.167. The Bertz CT molecular complexity index is 451. The Morgan fingerprint density at radius 3 is 2.73 bits per heavy atom. The average molecular weight is 313 g/mol. The molecule has 0 amide bonds. The van der Waals surface area contributed by atoms with Gasteiger partial charge in [0.05, 0.1) is 0 Å². The molecule has 0 saturated heterocycles. The van der Waals surface area contributed by atoms with E-state index in [1.165, 1.54) is 5.56 Å². The van der Waals surface area contributed by atoms with Gasteiger partial charge in [0.25, 0.3) is 0 Å². The number of halogens is 1. The van der Waals surface area contributed by atoms with E-state index in [4.69, 9.17) is 0 Å². The van der Waals surface area contributed by atoms with Gasteiger partial charge in [-0.15, -0.1) is 0 Å². The minimum Gasteiger partial charge on any atom is -0.382 e. The van der Waals surface area contributed by atoms with Gasteiger partial charge < -0.3 is 10.1 Å². The third-order valence-corrected chi connectivity index (χ3v) is 3.91. The predicted octanol–water partition coefficient (Wildman–Crippen LogP) is 3.01. The molecule has 0 fully saturated rings. The number of benzene rings is 1. The number of hydrogen-bond acceptors (Lipinski definition) is 1. The molecule has 1 heterocycles. The molecule has 0 aliphatic rings. The molecule has 2 nitrogen and oxygen atoms in total. The molecule has 1 atom stereocenters. The summed E-state index contributed by atoms with van der Waals surface area (Å²) in [5.74, 6) is 0. The van der Waals surface area contributed by atoms with Crippen molar-refractivity contribution < 1.29 is 5.11 Å². The molecule has 2 N–H and O–H groups in total. The van der Waals surface area contributed by atoms with Crippen LogP contribution in [0.2, 0.25) is 0 Å². The van der Waals surface area contributed by atoms with Gasteiger partial charge in [-0.3, -0.25) is 0 Å². The number of H-pyrrole nitrogens is 1. The summed E-state index contributed by atoms with van der Waals surface area (Å²) in [7, 11) is 0. The third-order valence-electron chi connectivity index (χ3n) is 2.43. The molecule has 1 aromatic heterocycles. The maximum Gasteiger partial charge on any atom is 0.120 e. The van der Waals surface area contributed by atoms with Crippen molar-refractivity contribution in [2.45, 2.75) is 13.0 Å². The fourth-order valence-electron chi connectivity index (χ4n) is 1.56. The standard InChI is InChI=1S/C12H12INO/c1-8-4-2-5-9(11(8)13)12(15)10-6-3-7-14-10/h2-7,12,14-15H,1H3. The van der Waals surface area contributed by atoms with Gasteiger partial charge >= 0.3 is 0 Å². The zero-order valence-electron chi connectivity index (χ0n) is 8.37. The number of aliphatic hydroxyl groups is 1. The molecule has 0 spiro atoms. The average Bonchev–Trinajstić information content (AvgIpc) is 2.74. The van der Waals surface area contributed by atoms with Gasteiger partial charge in [0.2, 0.25) is 0 Å². The minimum absolute atomic E-state index is 0.563. The monoisotopic (exact) mass is 313 g/mol. The Kier molecular flexibility index (Phi) is 3.11. The number of aryl methyl sites for hydroxylation is 1. The summed E-state index contributed by atoms with van der Waals surface area (Å²) < 4.78 is 1.12. The smallest absolute Gasteiger partial charge is 0.120 e. The van der Waals surface area contributed by atoms with Crippen LogP contribution in [0.25, 0.3) is 0 Å². The maximum atomic E-state index is 10.1. The Labute approximate surface area is 102 Å². The molecule has 15 heavy (non-hydrogen) atoms. The summed E-state index contributed by atoms with van der Waals surface area (Å²) in [6.45, 7) is 2.05. The minimum atomic E-state index is -0.563. The highest BCUT2D eigenvalue weighted by atomic mass is 127. The van der Waals surface area contributed by atoms with Crippen molar-refractivity contribution in [1.29, 1.82) is 0 Å². The van der Waals surface area contributed by atoms with Crippen molar-refractivity contribution in [3.8, 4) is 0 Å². The van der Waals surface area contributed by atoms with Crippen LogP contribution in [0.4, 0.5) is 0 Å². The molecule has 0 aliphatic carbocycles. The molecule has 0 bridgehead atoms. The topological polar surface area (TPSA) is 36.0 Å². The van der Waals surface area contributed by atoms with Gasteiger partial charge in [-0.2, -0.15) is 0 Å². The summed E-state index contributed by atoms with van der Waals surface area (Å²) in [6.07, 6.45) is 1.26. The lowest BCUT2D eigenvalue weighted by atomic mass is 10.0. The molecule has 0 aliphatic heterocycles. The number of aliphatic hydroxyl groups excluding tert-OH is 1. The normalized spacial score (nSPS) is 12.7. The van der Waals surface area contributed by atoms with E-state index >= 15 is 0 Å². The number of hydrogen-bond donors (Lipinski definition) is 2. The van der Waals surface area contributed by atoms with Crippen LogP contribution < -0.4 is 0 Å². The first-order chi connectivity index (χ1) is 7.20. The van der Waals surface area contributed by atoms with Crippen molar-refractivity contribution in [2.75, 3.05) is 0 Å². The van der Waals surface area contributed by atoms with Crippen molar-refractivity contribution in [2.24, 2.45) is 0 Å². The third kappa shape index (κ3) is 2.08. The lowest BCUT2D eigenvalue weighted by Gasteiger charge is -2.12. The van der Waals surface area contributed by atoms with E-state index in [0.29, 0.717) is 0 Å². The van der Waals surface area contributed by atoms with Crippen molar-refractivity contribution >= 4 is 22.6 Å². The molecule has 0 radical (unpaired) electrons. The van der Waals surface area contributed by atoms with Crippen LogP contribution in [0.3, 0.4) is 0 Å². The van der Waals surface area contributed by atoms with Gasteiger partial charge in [0.1, 0.15) is 6.10 Å². The van der Waals surface area contributed by atoms with E-state index in [9.17, 15) is 5.11 Å². The number of aromatic amines is 1. The molecule has 0 saturated carbocycles. The first kappa shape index (κ1) is 10.7. The van der Waals surface area contributed by atoms with Crippen LogP contribution in [0.15, 0.2) is 36.5 Å². The maximum absolute atomic E-state index is 10.1. The van der Waals surface area contributed by atoms with E-state index in [2.05, 4.69) is 27.6 Å². The molecular formula is C12H12INO. The highest BCUT2D eigenvalue weighted by molar-refractivity contribution is 14.1. The summed E-state index contributed by atoms with van der Waals surface area (Å²) in [5, 5.41) is 10.1. The van der Waals surface area contributed by atoms with E-state index in [1.54, 1.807) is 0 Å². The number of nitrogens with one attached hydrogen (secondary N) is 1. The lowest BCUT2D eigenvalue weighted by molar-refractivity contribution is 0.215. The van der Waals surface area contributed by atoms with Crippen LogP contribution in [0.1, 0.15) is 22.9 Å². The van der Waals surface area contributed by atoms with Gasteiger partial charge in [0, 0.05) is 15.5 Å². The summed E-state index contributed by atoms with van der Waals surface area (Å²) >= 11 is 2.27. The van der Waals surface area contributed by atoms with Gasteiger partial charge in [0.15, 0.2) is 0 Å². The van der Waals surface area contributed by atoms with Crippen LogP contribution in [0, 0.1) is 10.5 Å². The second kappa shape index (κ2) is 4.37. The molecule has 1 unspecified atom stereocenters. The van der Waals surface area contributed by atoms with Crippen LogP contribution >= 0.6 is 22.6 Å². The summed E-state index contributed by atoms with van der Waals surface area (Å²) in [6, 6.07) is 9.76. The summed E-state index contributed by atoms with van der Waals surface area (Å²) in [5.41, 5.74) is 2.98. The highest BCUT2D eigenvalue weighted by Crippen LogP contribution is 2.26. The van der Waals surface area contributed by atoms with Gasteiger partial charge in [-0.25, -0.2) is 0 Å². The molecule has 2 rings (SSSR count). The van der Waals surface area contributed by atoms with Crippen LogP contribution in [-0.2, 0) is 0 Å². The Morgan fingerprint density at radius 2 is 2.07 bits per heavy atom. The Balaban J connectivity index is 2.42.